The zero-order valence-electron chi connectivity index (χ0n) is 17.4. The number of rotatable bonds is 4. The van der Waals surface area contributed by atoms with Gasteiger partial charge in [0.1, 0.15) is 16.5 Å². The molecule has 0 amide bonds. The van der Waals surface area contributed by atoms with Gasteiger partial charge < -0.3 is 10.7 Å². The zero-order valence-corrected chi connectivity index (χ0v) is 19.0. The van der Waals surface area contributed by atoms with Gasteiger partial charge in [-0.1, -0.05) is 18.3 Å². The first-order valence-electron chi connectivity index (χ1n) is 10.8. The lowest BCUT2D eigenvalue weighted by molar-refractivity contribution is 0.371. The van der Waals surface area contributed by atoms with E-state index in [2.05, 4.69) is 15.2 Å². The SMILES string of the molecule is CCc1cc(F)cc2c1[nH]c1nc(Sc3nnc(C)s3)nc(C3C[C@H]4C[C@@H]3C[C@H]4N)c12. The molecule has 160 valence electrons. The molecule has 3 aromatic heterocycles. The molecule has 2 aliphatic carbocycles. The van der Waals surface area contributed by atoms with Gasteiger partial charge in [-0.05, 0) is 73.9 Å². The number of halogens is 1. The summed E-state index contributed by atoms with van der Waals surface area (Å²) in [6, 6.07) is 3.53. The van der Waals surface area contributed by atoms with Gasteiger partial charge in [0.05, 0.1) is 11.2 Å². The van der Waals surface area contributed by atoms with Crippen LogP contribution in [0.4, 0.5) is 4.39 Å². The van der Waals surface area contributed by atoms with Crippen molar-refractivity contribution in [3.8, 4) is 0 Å². The van der Waals surface area contributed by atoms with E-state index in [1.54, 1.807) is 12.1 Å². The van der Waals surface area contributed by atoms with E-state index in [9.17, 15) is 4.39 Å². The predicted octanol–water partition coefficient (Wildman–Crippen LogP) is 4.96. The number of hydrogen-bond donors (Lipinski definition) is 2. The van der Waals surface area contributed by atoms with Crippen molar-refractivity contribution in [3.63, 3.8) is 0 Å². The Morgan fingerprint density at radius 3 is 2.74 bits per heavy atom. The molecule has 3 N–H and O–H groups in total. The first kappa shape index (κ1) is 19.6. The Kier molecular flexibility index (Phi) is 4.56. The van der Waals surface area contributed by atoms with Crippen LogP contribution < -0.4 is 5.73 Å². The summed E-state index contributed by atoms with van der Waals surface area (Å²) in [4.78, 5) is 13.3. The summed E-state index contributed by atoms with van der Waals surface area (Å²) in [6.07, 6.45) is 3.99. The molecular weight excluding hydrogens is 431 g/mol. The van der Waals surface area contributed by atoms with Gasteiger partial charge in [-0.15, -0.1) is 10.2 Å². The van der Waals surface area contributed by atoms with Crippen LogP contribution in [0.15, 0.2) is 21.6 Å². The Morgan fingerprint density at radius 2 is 2.06 bits per heavy atom. The highest BCUT2D eigenvalue weighted by atomic mass is 32.2. The normalized spacial score (nSPS) is 25.3. The lowest BCUT2D eigenvalue weighted by Gasteiger charge is -2.25. The second-order valence-electron chi connectivity index (χ2n) is 8.77. The Balaban J connectivity index is 1.56. The third kappa shape index (κ3) is 3.16. The molecule has 4 atom stereocenters. The second kappa shape index (κ2) is 7.21. The van der Waals surface area contributed by atoms with E-state index in [4.69, 9.17) is 15.7 Å². The molecule has 9 heteroatoms. The highest BCUT2D eigenvalue weighted by Gasteiger charge is 2.46. The third-order valence-electron chi connectivity index (χ3n) is 6.94. The van der Waals surface area contributed by atoms with Gasteiger partial charge in [-0.25, -0.2) is 14.4 Å². The van der Waals surface area contributed by atoms with Crippen LogP contribution in [-0.4, -0.2) is 31.2 Å². The van der Waals surface area contributed by atoms with Crippen molar-refractivity contribution in [1.29, 1.82) is 0 Å². The molecule has 2 bridgehead atoms. The smallest absolute Gasteiger partial charge is 0.197 e. The largest absolute Gasteiger partial charge is 0.339 e. The molecular formula is C22H23FN6S2. The molecule has 1 aromatic carbocycles. The summed E-state index contributed by atoms with van der Waals surface area (Å²) in [5, 5.41) is 11.8. The molecule has 1 unspecified atom stereocenters. The van der Waals surface area contributed by atoms with Crippen LogP contribution >= 0.6 is 23.1 Å². The fraction of sp³-hybridized carbons (Fsp3) is 0.455. The standard InChI is InChI=1S/C22H23FN6S2/c1-3-10-5-13(23)8-15-17-19(14-6-12-4-11(14)7-16(12)24)26-21(27-20(17)25-18(10)15)31-22-29-28-9(2)30-22/h5,8,11-12,14,16H,3-4,6-7,24H2,1-2H3,(H,25,26,27)/t11-,12-,14?,16-/m1/s1. The molecule has 6 rings (SSSR count). The topological polar surface area (TPSA) is 93.4 Å². The van der Waals surface area contributed by atoms with Crippen molar-refractivity contribution in [1.82, 2.24) is 25.1 Å². The maximum absolute atomic E-state index is 14.5. The van der Waals surface area contributed by atoms with Gasteiger partial charge >= 0.3 is 0 Å². The molecule has 31 heavy (non-hydrogen) atoms. The summed E-state index contributed by atoms with van der Waals surface area (Å²) in [5.41, 5.74) is 10.1. The highest BCUT2D eigenvalue weighted by Crippen LogP contribution is 2.53. The van der Waals surface area contributed by atoms with Crippen molar-refractivity contribution < 1.29 is 4.39 Å². The van der Waals surface area contributed by atoms with E-state index < -0.39 is 0 Å². The number of hydrogen-bond acceptors (Lipinski definition) is 7. The molecule has 2 saturated carbocycles. The molecule has 2 aliphatic rings. The number of nitrogens with two attached hydrogens (primary N) is 1. The summed E-state index contributed by atoms with van der Waals surface area (Å²) < 4.78 is 15.3. The van der Waals surface area contributed by atoms with Crippen molar-refractivity contribution >= 4 is 45.0 Å². The number of aryl methyl sites for hydroxylation is 2. The lowest BCUT2D eigenvalue weighted by Crippen LogP contribution is -2.29. The Morgan fingerprint density at radius 1 is 1.19 bits per heavy atom. The van der Waals surface area contributed by atoms with E-state index in [-0.39, 0.29) is 5.82 Å². The Hall–Kier alpha value is -2.10. The molecule has 0 saturated heterocycles. The van der Waals surface area contributed by atoms with Crippen molar-refractivity contribution in [2.75, 3.05) is 0 Å². The number of nitrogens with zero attached hydrogens (tertiary/aromatic N) is 4. The van der Waals surface area contributed by atoms with Crippen molar-refractivity contribution in [2.24, 2.45) is 17.6 Å². The molecule has 6 nitrogen and oxygen atoms in total. The number of benzene rings is 1. The second-order valence-corrected chi connectivity index (χ2v) is 11.2. The van der Waals surface area contributed by atoms with Crippen molar-refractivity contribution in [2.45, 2.75) is 61.0 Å². The van der Waals surface area contributed by atoms with Gasteiger partial charge in [-0.3, -0.25) is 0 Å². The minimum absolute atomic E-state index is 0.214. The van der Waals surface area contributed by atoms with Gasteiger partial charge in [0.2, 0.25) is 0 Å². The first-order valence-corrected chi connectivity index (χ1v) is 12.4. The van der Waals surface area contributed by atoms with E-state index in [0.717, 1.165) is 68.2 Å². The summed E-state index contributed by atoms with van der Waals surface area (Å²) in [6.45, 7) is 3.98. The molecule has 0 radical (unpaired) electrons. The van der Waals surface area contributed by atoms with Crippen LogP contribution in [-0.2, 0) is 6.42 Å². The molecule has 3 heterocycles. The molecule has 2 fully saturated rings. The van der Waals surface area contributed by atoms with Crippen LogP contribution in [0.3, 0.4) is 0 Å². The minimum Gasteiger partial charge on any atom is -0.339 e. The number of nitrogens with one attached hydrogen (secondary N) is 1. The highest BCUT2D eigenvalue weighted by molar-refractivity contribution is 8.00. The van der Waals surface area contributed by atoms with E-state index in [1.165, 1.54) is 23.1 Å². The number of aromatic nitrogens is 5. The maximum atomic E-state index is 14.5. The number of aromatic amines is 1. The maximum Gasteiger partial charge on any atom is 0.197 e. The zero-order chi connectivity index (χ0) is 21.3. The Bertz CT molecular complexity index is 1310. The number of H-pyrrole nitrogens is 1. The summed E-state index contributed by atoms with van der Waals surface area (Å²) in [5.74, 6) is 1.20. The molecule has 0 spiro atoms. The quantitative estimate of drug-likeness (QED) is 0.423. The monoisotopic (exact) mass is 454 g/mol. The summed E-state index contributed by atoms with van der Waals surface area (Å²) >= 11 is 2.98. The van der Waals surface area contributed by atoms with E-state index in [0.29, 0.717) is 29.0 Å². The third-order valence-corrected chi connectivity index (χ3v) is 8.70. The van der Waals surface area contributed by atoms with Crippen LogP contribution in [0.1, 0.15) is 48.4 Å². The van der Waals surface area contributed by atoms with Crippen LogP contribution in [0.25, 0.3) is 21.9 Å². The molecule has 0 aliphatic heterocycles. The van der Waals surface area contributed by atoms with Gasteiger partial charge in [0.25, 0.3) is 0 Å². The lowest BCUT2D eigenvalue weighted by atomic mass is 9.83. The van der Waals surface area contributed by atoms with E-state index in [1.807, 2.05) is 13.8 Å². The number of fused-ring (bicyclic) bond motifs is 5. The fourth-order valence-electron chi connectivity index (χ4n) is 5.58. The Labute approximate surface area is 187 Å². The summed E-state index contributed by atoms with van der Waals surface area (Å²) in [7, 11) is 0. The average Bonchev–Trinajstić information content (AvgIpc) is 3.50. The van der Waals surface area contributed by atoms with Crippen LogP contribution in [0, 0.1) is 24.6 Å². The molecule has 4 aromatic rings. The minimum atomic E-state index is -0.214. The van der Waals surface area contributed by atoms with Gasteiger partial charge in [0, 0.05) is 22.7 Å². The van der Waals surface area contributed by atoms with Crippen LogP contribution in [0.5, 0.6) is 0 Å². The van der Waals surface area contributed by atoms with Gasteiger partial charge in [-0.2, -0.15) is 0 Å². The van der Waals surface area contributed by atoms with Crippen LogP contribution in [0.2, 0.25) is 0 Å². The van der Waals surface area contributed by atoms with Crippen molar-refractivity contribution in [3.05, 3.63) is 34.2 Å². The fourth-order valence-corrected chi connectivity index (χ4v) is 7.27. The van der Waals surface area contributed by atoms with Gasteiger partial charge in [0.15, 0.2) is 9.50 Å². The first-order chi connectivity index (χ1) is 15.0. The average molecular weight is 455 g/mol. The predicted molar refractivity (Wildman–Crippen MR) is 121 cm³/mol. The van der Waals surface area contributed by atoms with E-state index >= 15 is 0 Å².